The Morgan fingerprint density at radius 2 is 2.40 bits per heavy atom. The van der Waals surface area contributed by atoms with Crippen LogP contribution in [-0.4, -0.2) is 54.4 Å². The summed E-state index contributed by atoms with van der Waals surface area (Å²) in [4.78, 5) is 23.2. The van der Waals surface area contributed by atoms with Gasteiger partial charge in [-0.3, -0.25) is 4.79 Å². The Labute approximate surface area is 87.2 Å². The van der Waals surface area contributed by atoms with Crippen LogP contribution in [-0.2, 0) is 9.53 Å². The minimum absolute atomic E-state index is 0.0474. The summed E-state index contributed by atoms with van der Waals surface area (Å²) < 4.78 is 5.13. The Morgan fingerprint density at radius 1 is 1.67 bits per heavy atom. The highest BCUT2D eigenvalue weighted by molar-refractivity contribution is 5.82. The molecule has 1 aliphatic rings. The lowest BCUT2D eigenvalue weighted by atomic mass is 10.2. The number of morpholine rings is 1. The number of ether oxygens (including phenoxy) is 1. The van der Waals surface area contributed by atoms with Crippen molar-refractivity contribution < 1.29 is 19.4 Å². The molecule has 0 saturated carbocycles. The molecule has 1 aliphatic heterocycles. The van der Waals surface area contributed by atoms with E-state index in [1.807, 2.05) is 0 Å². The van der Waals surface area contributed by atoms with E-state index in [4.69, 9.17) is 16.3 Å². The van der Waals surface area contributed by atoms with Crippen LogP contribution in [0.2, 0.25) is 0 Å². The van der Waals surface area contributed by atoms with Gasteiger partial charge in [0.15, 0.2) is 6.10 Å². The molecule has 0 aromatic rings. The molecule has 1 rings (SSSR count). The van der Waals surface area contributed by atoms with Crippen molar-refractivity contribution in [1.29, 1.82) is 0 Å². The number of rotatable bonds is 2. The Morgan fingerprint density at radius 3 is 3.00 bits per heavy atom. The van der Waals surface area contributed by atoms with Crippen molar-refractivity contribution in [2.45, 2.75) is 6.10 Å². The lowest BCUT2D eigenvalue weighted by molar-refractivity contribution is -0.137. The van der Waals surface area contributed by atoms with Gasteiger partial charge in [-0.2, -0.15) is 0 Å². The zero-order chi connectivity index (χ0) is 11.3. The Hall–Kier alpha value is -1.74. The molecule has 1 fully saturated rings. The van der Waals surface area contributed by atoms with Gasteiger partial charge in [-0.05, 0) is 0 Å². The number of carbonyl (C=O) groups is 2. The fraction of sp³-hybridized carbons (Fsp3) is 0.556. The number of nitrogens with zero attached hydrogens (tertiary/aromatic N) is 1. The lowest BCUT2D eigenvalue weighted by Crippen LogP contribution is -2.51. The summed E-state index contributed by atoms with van der Waals surface area (Å²) in [5.74, 6) is 1.88. The minimum Gasteiger partial charge on any atom is -0.465 e. The van der Waals surface area contributed by atoms with Crippen molar-refractivity contribution in [3.63, 3.8) is 0 Å². The lowest BCUT2D eigenvalue weighted by Gasteiger charge is -2.29. The number of amides is 2. The number of nitrogens with one attached hydrogen (secondary N) is 1. The molecule has 6 heteroatoms. The number of carbonyl (C=O) groups excluding carboxylic acids is 1. The predicted molar refractivity (Wildman–Crippen MR) is 51.2 cm³/mol. The third-order valence-corrected chi connectivity index (χ3v) is 1.99. The summed E-state index contributed by atoms with van der Waals surface area (Å²) >= 11 is 0. The first-order valence-electron chi connectivity index (χ1n) is 4.46. The molecule has 1 unspecified atom stereocenters. The molecular weight excluding hydrogens is 200 g/mol. The van der Waals surface area contributed by atoms with E-state index in [-0.39, 0.29) is 32.1 Å². The van der Waals surface area contributed by atoms with Gasteiger partial charge in [0.05, 0.1) is 19.7 Å². The smallest absolute Gasteiger partial charge is 0.407 e. The van der Waals surface area contributed by atoms with Gasteiger partial charge < -0.3 is 20.1 Å². The van der Waals surface area contributed by atoms with Gasteiger partial charge in [-0.15, -0.1) is 6.42 Å². The second-order valence-corrected chi connectivity index (χ2v) is 3.01. The van der Waals surface area contributed by atoms with E-state index in [1.54, 1.807) is 0 Å². The average Bonchev–Trinajstić information content (AvgIpc) is 2.26. The second-order valence-electron chi connectivity index (χ2n) is 3.01. The van der Waals surface area contributed by atoms with E-state index < -0.39 is 12.2 Å². The van der Waals surface area contributed by atoms with Crippen molar-refractivity contribution in [1.82, 2.24) is 10.2 Å². The van der Waals surface area contributed by atoms with E-state index in [1.165, 1.54) is 0 Å². The second kappa shape index (κ2) is 5.22. The zero-order valence-corrected chi connectivity index (χ0v) is 8.10. The highest BCUT2D eigenvalue weighted by atomic mass is 16.5. The molecule has 82 valence electrons. The molecule has 1 atom stereocenters. The van der Waals surface area contributed by atoms with Crippen LogP contribution < -0.4 is 5.32 Å². The van der Waals surface area contributed by atoms with E-state index in [2.05, 4.69) is 11.2 Å². The zero-order valence-electron chi connectivity index (χ0n) is 8.10. The number of terminal acetylenes is 1. The third-order valence-electron chi connectivity index (χ3n) is 1.99. The number of hydrogen-bond donors (Lipinski definition) is 2. The molecule has 0 aromatic heterocycles. The molecule has 6 nitrogen and oxygen atoms in total. The van der Waals surface area contributed by atoms with Crippen LogP contribution in [0.4, 0.5) is 4.79 Å². The first kappa shape index (κ1) is 11.3. The maximum Gasteiger partial charge on any atom is 0.407 e. The van der Waals surface area contributed by atoms with Crippen LogP contribution in [0.25, 0.3) is 0 Å². The van der Waals surface area contributed by atoms with Gasteiger partial charge in [-0.1, -0.05) is 5.92 Å². The SMILES string of the molecule is C#CCNC(=O)C1CN(C(=O)O)CCO1. The van der Waals surface area contributed by atoms with Gasteiger partial charge >= 0.3 is 6.09 Å². The maximum absolute atomic E-state index is 11.4. The van der Waals surface area contributed by atoms with Crippen LogP contribution in [0.3, 0.4) is 0 Å². The van der Waals surface area contributed by atoms with Gasteiger partial charge in [-0.25, -0.2) is 4.79 Å². The van der Waals surface area contributed by atoms with Crippen molar-refractivity contribution >= 4 is 12.0 Å². The van der Waals surface area contributed by atoms with Gasteiger partial charge in [0.2, 0.25) is 0 Å². The molecule has 1 heterocycles. The molecule has 15 heavy (non-hydrogen) atoms. The van der Waals surface area contributed by atoms with Gasteiger partial charge in [0.25, 0.3) is 5.91 Å². The minimum atomic E-state index is -1.05. The van der Waals surface area contributed by atoms with E-state index >= 15 is 0 Å². The van der Waals surface area contributed by atoms with E-state index in [0.29, 0.717) is 0 Å². The topological polar surface area (TPSA) is 78.9 Å². The summed E-state index contributed by atoms with van der Waals surface area (Å²) in [5, 5.41) is 11.2. The van der Waals surface area contributed by atoms with Crippen molar-refractivity contribution in [2.75, 3.05) is 26.2 Å². The van der Waals surface area contributed by atoms with Crippen molar-refractivity contribution in [3.8, 4) is 12.3 Å². The van der Waals surface area contributed by atoms with Crippen LogP contribution in [0.5, 0.6) is 0 Å². The summed E-state index contributed by atoms with van der Waals surface area (Å²) in [6, 6.07) is 0. The largest absolute Gasteiger partial charge is 0.465 e. The highest BCUT2D eigenvalue weighted by Gasteiger charge is 2.28. The quantitative estimate of drug-likeness (QED) is 0.582. The predicted octanol–water partition coefficient (Wildman–Crippen LogP) is -0.885. The molecular formula is C9H12N2O4. The van der Waals surface area contributed by atoms with Crippen molar-refractivity contribution in [3.05, 3.63) is 0 Å². The molecule has 0 aliphatic carbocycles. The first-order valence-corrected chi connectivity index (χ1v) is 4.46. The van der Waals surface area contributed by atoms with Crippen LogP contribution in [0, 0.1) is 12.3 Å². The summed E-state index contributed by atoms with van der Waals surface area (Å²) in [7, 11) is 0. The molecule has 0 radical (unpaired) electrons. The normalized spacial score (nSPS) is 20.5. The maximum atomic E-state index is 11.4. The fourth-order valence-corrected chi connectivity index (χ4v) is 1.23. The standard InChI is InChI=1S/C9H12N2O4/c1-2-3-10-8(12)7-6-11(9(13)14)4-5-15-7/h1,7H,3-6H2,(H,10,12)(H,13,14). The monoisotopic (exact) mass is 212 g/mol. The highest BCUT2D eigenvalue weighted by Crippen LogP contribution is 2.05. The van der Waals surface area contributed by atoms with Crippen LogP contribution in [0.15, 0.2) is 0 Å². The van der Waals surface area contributed by atoms with Crippen molar-refractivity contribution in [2.24, 2.45) is 0 Å². The van der Waals surface area contributed by atoms with E-state index in [9.17, 15) is 9.59 Å². The van der Waals surface area contributed by atoms with Gasteiger partial charge in [0, 0.05) is 6.54 Å². The third kappa shape index (κ3) is 3.14. The molecule has 0 aromatic carbocycles. The summed E-state index contributed by atoms with van der Waals surface area (Å²) in [6.07, 6.45) is 3.16. The molecule has 1 saturated heterocycles. The summed E-state index contributed by atoms with van der Waals surface area (Å²) in [5.41, 5.74) is 0. The van der Waals surface area contributed by atoms with Crippen LogP contribution >= 0.6 is 0 Å². The van der Waals surface area contributed by atoms with Crippen LogP contribution in [0.1, 0.15) is 0 Å². The molecule has 2 amide bonds. The number of hydrogen-bond acceptors (Lipinski definition) is 3. The Bertz CT molecular complexity index is 297. The number of carboxylic acid groups (broad SMARTS) is 1. The van der Waals surface area contributed by atoms with E-state index in [0.717, 1.165) is 4.90 Å². The Kier molecular flexibility index (Phi) is 3.94. The molecule has 0 spiro atoms. The average molecular weight is 212 g/mol. The fourth-order valence-electron chi connectivity index (χ4n) is 1.23. The summed E-state index contributed by atoms with van der Waals surface area (Å²) in [6.45, 7) is 0.673. The molecule has 0 bridgehead atoms. The molecule has 2 N–H and O–H groups in total. The van der Waals surface area contributed by atoms with Gasteiger partial charge in [0.1, 0.15) is 0 Å². The Balaban J connectivity index is 2.45. The first-order chi connectivity index (χ1) is 7.15.